The summed E-state index contributed by atoms with van der Waals surface area (Å²) in [6.45, 7) is 5.74. The van der Waals surface area contributed by atoms with E-state index in [4.69, 9.17) is 0 Å². The Hall–Kier alpha value is -2.74. The Morgan fingerprint density at radius 1 is 1.31 bits per heavy atom. The average Bonchev–Trinajstić information content (AvgIpc) is 3.26. The van der Waals surface area contributed by atoms with Gasteiger partial charge in [-0.25, -0.2) is 9.67 Å². The minimum atomic E-state index is -0.252. The summed E-state index contributed by atoms with van der Waals surface area (Å²) >= 11 is 0. The average molecular weight is 353 g/mol. The van der Waals surface area contributed by atoms with Gasteiger partial charge in [-0.05, 0) is 51.9 Å². The van der Waals surface area contributed by atoms with Gasteiger partial charge in [-0.2, -0.15) is 0 Å². The van der Waals surface area contributed by atoms with Crippen LogP contribution in [0, 0.1) is 6.92 Å². The lowest BCUT2D eigenvalue weighted by atomic mass is 10.1. The van der Waals surface area contributed by atoms with Gasteiger partial charge in [0.15, 0.2) is 5.69 Å². The van der Waals surface area contributed by atoms with E-state index in [9.17, 15) is 4.79 Å². The minimum absolute atomic E-state index is 0.226. The lowest BCUT2D eigenvalue weighted by molar-refractivity contribution is 0.0932. The van der Waals surface area contributed by atoms with E-state index in [2.05, 4.69) is 30.9 Å². The van der Waals surface area contributed by atoms with E-state index in [0.717, 1.165) is 48.5 Å². The minimum Gasteiger partial charge on any atom is -0.341 e. The Balaban J connectivity index is 1.50. The molecule has 8 heteroatoms. The summed E-state index contributed by atoms with van der Waals surface area (Å²) in [7, 11) is 0. The molecule has 1 aromatic carbocycles. The van der Waals surface area contributed by atoms with E-state index in [-0.39, 0.29) is 11.9 Å². The Labute approximate surface area is 151 Å². The fourth-order valence-electron chi connectivity index (χ4n) is 3.46. The summed E-state index contributed by atoms with van der Waals surface area (Å²) < 4.78 is 1.89. The summed E-state index contributed by atoms with van der Waals surface area (Å²) in [5, 5.41) is 14.7. The van der Waals surface area contributed by atoms with Crippen molar-refractivity contribution in [2.45, 2.75) is 38.8 Å². The topological polar surface area (TPSA) is 101 Å². The number of fused-ring (bicyclic) bond motifs is 1. The van der Waals surface area contributed by atoms with Gasteiger partial charge >= 0.3 is 0 Å². The molecule has 1 aliphatic rings. The van der Waals surface area contributed by atoms with Gasteiger partial charge in [0.05, 0.1) is 28.8 Å². The van der Waals surface area contributed by atoms with Crippen molar-refractivity contribution in [3.05, 3.63) is 41.5 Å². The second-order valence-electron chi connectivity index (χ2n) is 6.78. The number of amides is 1. The number of imidazole rings is 1. The molecule has 1 saturated heterocycles. The fourth-order valence-corrected chi connectivity index (χ4v) is 3.46. The van der Waals surface area contributed by atoms with Crippen LogP contribution in [0.5, 0.6) is 0 Å². The van der Waals surface area contributed by atoms with Crippen molar-refractivity contribution in [2.24, 2.45) is 0 Å². The Morgan fingerprint density at radius 3 is 2.85 bits per heavy atom. The van der Waals surface area contributed by atoms with Gasteiger partial charge in [0.25, 0.3) is 5.91 Å². The quantitative estimate of drug-likeness (QED) is 0.665. The van der Waals surface area contributed by atoms with Gasteiger partial charge in [0.1, 0.15) is 5.82 Å². The summed E-state index contributed by atoms with van der Waals surface area (Å²) in [5.41, 5.74) is 3.03. The van der Waals surface area contributed by atoms with E-state index in [0.29, 0.717) is 11.7 Å². The van der Waals surface area contributed by atoms with Gasteiger partial charge in [0.2, 0.25) is 0 Å². The maximum absolute atomic E-state index is 12.7. The highest BCUT2D eigenvalue weighted by molar-refractivity contribution is 5.93. The number of carbonyl (C=O) groups is 1. The molecule has 3 heterocycles. The first kappa shape index (κ1) is 16.7. The van der Waals surface area contributed by atoms with Crippen LogP contribution < -0.4 is 10.6 Å². The van der Waals surface area contributed by atoms with Crippen LogP contribution in [0.25, 0.3) is 11.0 Å². The van der Waals surface area contributed by atoms with Crippen molar-refractivity contribution in [3.63, 3.8) is 0 Å². The molecule has 0 spiro atoms. The summed E-state index contributed by atoms with van der Waals surface area (Å²) in [4.78, 5) is 20.5. The number of nitrogens with one attached hydrogen (secondary N) is 3. The number of aromatic nitrogens is 5. The molecule has 0 bridgehead atoms. The Morgan fingerprint density at radius 2 is 2.08 bits per heavy atom. The lowest BCUT2D eigenvalue weighted by Gasteiger charge is -2.23. The first-order valence-corrected chi connectivity index (χ1v) is 9.01. The van der Waals surface area contributed by atoms with E-state index >= 15 is 0 Å². The molecule has 4 rings (SSSR count). The van der Waals surface area contributed by atoms with E-state index in [1.165, 1.54) is 0 Å². The molecule has 0 radical (unpaired) electrons. The molecular formula is C18H23N7O. The number of hydrogen-bond donors (Lipinski definition) is 3. The summed E-state index contributed by atoms with van der Waals surface area (Å²) in [6.07, 6.45) is 2.00. The third kappa shape index (κ3) is 3.08. The monoisotopic (exact) mass is 353 g/mol. The second kappa shape index (κ2) is 6.87. The highest BCUT2D eigenvalue weighted by atomic mass is 16.2. The molecule has 26 heavy (non-hydrogen) atoms. The first-order valence-electron chi connectivity index (χ1n) is 9.01. The number of benzene rings is 1. The molecule has 3 N–H and O–H groups in total. The molecule has 0 aliphatic carbocycles. The molecule has 1 amide bonds. The number of carbonyl (C=O) groups excluding carboxylic acids is 1. The standard InChI is InChI=1S/C18H23N7O/c1-11(17-21-14-5-3-4-6-15(14)22-17)20-18(26)16-12(2)25(24-23-16)13-7-9-19-10-8-13/h3-6,11,13,19H,7-10H2,1-2H3,(H,20,26)(H,21,22). The van der Waals surface area contributed by atoms with Crippen LogP contribution in [-0.2, 0) is 0 Å². The summed E-state index contributed by atoms with van der Waals surface area (Å²) in [5.74, 6) is 0.499. The van der Waals surface area contributed by atoms with Gasteiger partial charge in [-0.1, -0.05) is 17.3 Å². The van der Waals surface area contributed by atoms with Crippen molar-refractivity contribution in [3.8, 4) is 0 Å². The van der Waals surface area contributed by atoms with Crippen LogP contribution >= 0.6 is 0 Å². The fraction of sp³-hybridized carbons (Fsp3) is 0.444. The number of H-pyrrole nitrogens is 1. The van der Waals surface area contributed by atoms with Crippen LogP contribution in [0.2, 0.25) is 0 Å². The highest BCUT2D eigenvalue weighted by Gasteiger charge is 2.24. The molecule has 136 valence electrons. The van der Waals surface area contributed by atoms with Gasteiger partial charge in [-0.15, -0.1) is 5.10 Å². The second-order valence-corrected chi connectivity index (χ2v) is 6.78. The summed E-state index contributed by atoms with van der Waals surface area (Å²) in [6, 6.07) is 7.86. The molecule has 8 nitrogen and oxygen atoms in total. The van der Waals surface area contributed by atoms with Crippen LogP contribution in [0.3, 0.4) is 0 Å². The Bertz CT molecular complexity index is 890. The zero-order valence-electron chi connectivity index (χ0n) is 15.0. The van der Waals surface area contributed by atoms with Crippen molar-refractivity contribution >= 4 is 16.9 Å². The van der Waals surface area contributed by atoms with Crippen molar-refractivity contribution in [2.75, 3.05) is 13.1 Å². The molecule has 3 aromatic rings. The Kier molecular flexibility index (Phi) is 4.42. The largest absolute Gasteiger partial charge is 0.341 e. The van der Waals surface area contributed by atoms with Crippen molar-refractivity contribution in [1.82, 2.24) is 35.6 Å². The zero-order chi connectivity index (χ0) is 18.1. The number of nitrogens with zero attached hydrogens (tertiary/aromatic N) is 4. The maximum Gasteiger partial charge on any atom is 0.274 e. The third-order valence-electron chi connectivity index (χ3n) is 4.96. The van der Waals surface area contributed by atoms with E-state index in [1.807, 2.05) is 42.8 Å². The van der Waals surface area contributed by atoms with Crippen LogP contribution in [0.4, 0.5) is 0 Å². The molecule has 1 atom stereocenters. The van der Waals surface area contributed by atoms with Crippen LogP contribution in [0.1, 0.15) is 53.9 Å². The lowest BCUT2D eigenvalue weighted by Crippen LogP contribution is -2.31. The molecule has 1 fully saturated rings. The normalized spacial score (nSPS) is 16.7. The number of hydrogen-bond acceptors (Lipinski definition) is 5. The first-order chi connectivity index (χ1) is 12.6. The van der Waals surface area contributed by atoms with Gasteiger partial charge in [-0.3, -0.25) is 4.79 Å². The molecular weight excluding hydrogens is 330 g/mol. The number of para-hydroxylation sites is 2. The maximum atomic E-state index is 12.7. The van der Waals surface area contributed by atoms with E-state index < -0.39 is 0 Å². The van der Waals surface area contributed by atoms with Crippen molar-refractivity contribution < 1.29 is 4.79 Å². The highest BCUT2D eigenvalue weighted by Crippen LogP contribution is 2.21. The van der Waals surface area contributed by atoms with E-state index in [1.54, 1.807) is 0 Å². The molecule has 1 unspecified atom stereocenters. The molecule has 1 aliphatic heterocycles. The SMILES string of the molecule is Cc1c(C(=O)NC(C)c2nc3ccccc3[nH]2)nnn1C1CCNCC1. The van der Waals surface area contributed by atoms with Crippen LogP contribution in [0.15, 0.2) is 24.3 Å². The number of aromatic amines is 1. The van der Waals surface area contributed by atoms with Crippen LogP contribution in [-0.4, -0.2) is 44.0 Å². The number of rotatable bonds is 4. The smallest absolute Gasteiger partial charge is 0.274 e. The van der Waals surface area contributed by atoms with Gasteiger partial charge < -0.3 is 15.6 Å². The van der Waals surface area contributed by atoms with Crippen molar-refractivity contribution in [1.29, 1.82) is 0 Å². The molecule has 2 aromatic heterocycles. The molecule has 0 saturated carbocycles. The number of piperidine rings is 1. The van der Waals surface area contributed by atoms with Gasteiger partial charge in [0, 0.05) is 0 Å². The predicted octanol–water partition coefficient (Wildman–Crippen LogP) is 1.88. The third-order valence-corrected chi connectivity index (χ3v) is 4.96. The predicted molar refractivity (Wildman–Crippen MR) is 97.9 cm³/mol. The zero-order valence-corrected chi connectivity index (χ0v) is 15.0.